The van der Waals surface area contributed by atoms with Gasteiger partial charge < -0.3 is 18.6 Å². The van der Waals surface area contributed by atoms with Crippen LogP contribution in [0, 0.1) is 36.5 Å². The molecule has 2 aromatic heterocycles. The molecule has 0 radical (unpaired) electrons. The predicted octanol–water partition coefficient (Wildman–Crippen LogP) is 16.8. The molecule has 1 aliphatic rings. The van der Waals surface area contributed by atoms with Gasteiger partial charge in [0.2, 0.25) is 0 Å². The second kappa shape index (κ2) is 15.6. The molecule has 0 N–H and O–H groups in total. The molecule has 1 aliphatic carbocycles. The van der Waals surface area contributed by atoms with Crippen LogP contribution in [0.3, 0.4) is 0 Å². The van der Waals surface area contributed by atoms with E-state index in [0.717, 1.165) is 121 Å². The van der Waals surface area contributed by atoms with Crippen molar-refractivity contribution in [1.82, 2.24) is 0 Å². The average Bonchev–Trinajstić information content (AvgIpc) is 3.85. The number of fused-ring (bicyclic) bond motifs is 6. The molecule has 310 valence electrons. The first kappa shape index (κ1) is 39.3. The van der Waals surface area contributed by atoms with Crippen LogP contribution in [-0.2, 0) is 0 Å². The number of aryl methyl sites for hydroxylation is 2. The number of rotatable bonds is 6. The fourth-order valence-electron chi connectivity index (χ4n) is 9.79. The Balaban J connectivity index is 0.00000231. The van der Waals surface area contributed by atoms with Crippen LogP contribution in [0.25, 0.3) is 76.2 Å². The molecule has 6 nitrogen and oxygen atoms in total. The van der Waals surface area contributed by atoms with Gasteiger partial charge in [-0.25, -0.2) is 0 Å². The van der Waals surface area contributed by atoms with E-state index in [-0.39, 0.29) is 0 Å². The Morgan fingerprint density at radius 3 is 1.49 bits per heavy atom. The molecule has 0 bridgehead atoms. The molecular formula is C59H42N4O2. The fraction of sp³-hybridized carbons (Fsp3) is 0.0847. The third-order valence-corrected chi connectivity index (χ3v) is 12.7. The highest BCUT2D eigenvalue weighted by atomic mass is 16.3. The lowest BCUT2D eigenvalue weighted by atomic mass is 9.91. The van der Waals surface area contributed by atoms with Crippen LogP contribution in [0.2, 0.25) is 0 Å². The lowest BCUT2D eigenvalue weighted by Gasteiger charge is -2.30. The topological polar surface area (TPSA) is 80.3 Å². The second-order valence-electron chi connectivity index (χ2n) is 16.3. The van der Waals surface area contributed by atoms with Gasteiger partial charge in [0.05, 0.1) is 46.0 Å². The quantitative estimate of drug-likeness (QED) is 0.155. The normalized spacial score (nSPS) is 12.6. The van der Waals surface area contributed by atoms with Crippen molar-refractivity contribution in [3.05, 3.63) is 198 Å². The SMILES string of the molecule is CC.Cc1cccc2c1oc1c(N(C3=CC=C(C#N)C=CC3)c3ccc4ccc5c(N(c6ccc(C#N)cc6)c6cccc7c6oc6c(C)cccc67)ccc6ccc3c4c65)cccc12. The van der Waals surface area contributed by atoms with Gasteiger partial charge in [-0.05, 0) is 113 Å². The highest BCUT2D eigenvalue weighted by Crippen LogP contribution is 2.50. The lowest BCUT2D eigenvalue weighted by molar-refractivity contribution is 0.665. The third-order valence-electron chi connectivity index (χ3n) is 12.7. The van der Waals surface area contributed by atoms with E-state index in [1.54, 1.807) is 0 Å². The van der Waals surface area contributed by atoms with E-state index in [1.807, 2.05) is 50.3 Å². The summed E-state index contributed by atoms with van der Waals surface area (Å²) < 4.78 is 13.6. The van der Waals surface area contributed by atoms with E-state index < -0.39 is 0 Å². The van der Waals surface area contributed by atoms with Gasteiger partial charge >= 0.3 is 0 Å². The number of furan rings is 2. The molecule has 0 saturated heterocycles. The maximum Gasteiger partial charge on any atom is 0.159 e. The summed E-state index contributed by atoms with van der Waals surface area (Å²) in [7, 11) is 0. The van der Waals surface area contributed by atoms with Gasteiger partial charge in [-0.3, -0.25) is 0 Å². The minimum absolute atomic E-state index is 0.593. The summed E-state index contributed by atoms with van der Waals surface area (Å²) >= 11 is 0. The summed E-state index contributed by atoms with van der Waals surface area (Å²) in [5, 5.41) is 30.7. The Morgan fingerprint density at radius 2 is 0.954 bits per heavy atom. The fourth-order valence-corrected chi connectivity index (χ4v) is 9.79. The van der Waals surface area contributed by atoms with E-state index in [0.29, 0.717) is 17.6 Å². The zero-order chi connectivity index (χ0) is 44.3. The molecule has 2 heterocycles. The average molecular weight is 839 g/mol. The second-order valence-corrected chi connectivity index (χ2v) is 16.3. The highest BCUT2D eigenvalue weighted by Gasteiger charge is 2.26. The molecule has 0 unspecified atom stereocenters. The molecule has 0 saturated carbocycles. The van der Waals surface area contributed by atoms with Crippen LogP contribution in [0.1, 0.15) is 37.0 Å². The first-order valence-corrected chi connectivity index (χ1v) is 22.1. The number of nitriles is 2. The van der Waals surface area contributed by atoms with Crippen molar-refractivity contribution >= 4 is 105 Å². The van der Waals surface area contributed by atoms with Crippen molar-refractivity contribution in [2.75, 3.05) is 9.80 Å². The number of benzene rings is 9. The summed E-state index contributed by atoms with van der Waals surface area (Å²) in [4.78, 5) is 4.59. The van der Waals surface area contributed by atoms with E-state index in [1.165, 1.54) is 0 Å². The number of hydrogen-bond donors (Lipinski definition) is 0. The Bertz CT molecular complexity index is 3890. The monoisotopic (exact) mass is 838 g/mol. The lowest BCUT2D eigenvalue weighted by Crippen LogP contribution is -2.17. The molecule has 65 heavy (non-hydrogen) atoms. The van der Waals surface area contributed by atoms with Crippen molar-refractivity contribution in [2.45, 2.75) is 34.1 Å². The minimum atomic E-state index is 0.593. The van der Waals surface area contributed by atoms with E-state index >= 15 is 0 Å². The highest BCUT2D eigenvalue weighted by molar-refractivity contribution is 6.28. The Kier molecular flexibility index (Phi) is 9.46. The Hall–Kier alpha value is -8.58. The zero-order valence-electron chi connectivity index (χ0n) is 36.5. The van der Waals surface area contributed by atoms with Gasteiger partial charge in [0.15, 0.2) is 11.2 Å². The number of hydrogen-bond acceptors (Lipinski definition) is 6. The Morgan fingerprint density at radius 1 is 0.462 bits per heavy atom. The van der Waals surface area contributed by atoms with Crippen molar-refractivity contribution in [3.8, 4) is 12.1 Å². The Labute approximate surface area is 376 Å². The van der Waals surface area contributed by atoms with Crippen molar-refractivity contribution in [3.63, 3.8) is 0 Å². The van der Waals surface area contributed by atoms with Crippen LogP contribution in [-0.4, -0.2) is 0 Å². The first-order chi connectivity index (χ1) is 32.0. The van der Waals surface area contributed by atoms with Gasteiger partial charge in [0, 0.05) is 50.1 Å². The molecule has 0 fully saturated rings. The van der Waals surface area contributed by atoms with Crippen LogP contribution in [0.15, 0.2) is 190 Å². The van der Waals surface area contributed by atoms with E-state index in [2.05, 4.69) is 169 Å². The maximum atomic E-state index is 9.90. The van der Waals surface area contributed by atoms with E-state index in [4.69, 9.17) is 8.83 Å². The molecule has 12 rings (SSSR count). The summed E-state index contributed by atoms with van der Waals surface area (Å²) in [6.45, 7) is 8.17. The molecule has 9 aromatic carbocycles. The maximum absolute atomic E-state index is 9.90. The standard InChI is InChI=1S/C57H36N4O2.C2H6/c1-34-8-3-12-42-44-14-6-16-50(56(44)62-54(34)42)60(40-11-5-10-36(32-58)18-25-40)48-30-23-38-22-29-47-49(31-24-39-21-28-46(48)52(38)53(39)47)61(41-26-19-37(33-59)20-27-41)51-17-7-15-45-43-13-4-9-35(2)55(43)63-57(45)51;1-2/h3-10,12-31H,11H2,1-2H3;1-2H3. The van der Waals surface area contributed by atoms with Gasteiger partial charge in [0.25, 0.3) is 0 Å². The summed E-state index contributed by atoms with van der Waals surface area (Å²) in [6.07, 6.45) is 8.53. The smallest absolute Gasteiger partial charge is 0.159 e. The van der Waals surface area contributed by atoms with Gasteiger partial charge in [-0.1, -0.05) is 117 Å². The van der Waals surface area contributed by atoms with E-state index in [9.17, 15) is 10.5 Å². The number of allylic oxidation sites excluding steroid dienone is 5. The summed E-state index contributed by atoms with van der Waals surface area (Å²) in [5.41, 5.74) is 12.5. The molecule has 6 heteroatoms. The minimum Gasteiger partial charge on any atom is -0.454 e. The molecular weight excluding hydrogens is 797 g/mol. The van der Waals surface area contributed by atoms with Crippen LogP contribution in [0.5, 0.6) is 0 Å². The van der Waals surface area contributed by atoms with Crippen LogP contribution >= 0.6 is 0 Å². The van der Waals surface area contributed by atoms with Crippen molar-refractivity contribution in [1.29, 1.82) is 10.5 Å². The molecule has 0 atom stereocenters. The summed E-state index contributed by atoms with van der Waals surface area (Å²) in [6, 6.07) is 55.5. The summed E-state index contributed by atoms with van der Waals surface area (Å²) in [5.74, 6) is 0. The van der Waals surface area contributed by atoms with Crippen LogP contribution < -0.4 is 9.80 Å². The number of nitrogens with zero attached hydrogens (tertiary/aromatic N) is 4. The molecule has 11 aromatic rings. The number of para-hydroxylation sites is 4. The van der Waals surface area contributed by atoms with Crippen LogP contribution in [0.4, 0.5) is 28.4 Å². The van der Waals surface area contributed by atoms with Gasteiger partial charge in [-0.2, -0.15) is 10.5 Å². The van der Waals surface area contributed by atoms with Gasteiger partial charge in [-0.15, -0.1) is 0 Å². The number of anilines is 5. The molecule has 0 amide bonds. The van der Waals surface area contributed by atoms with Crippen molar-refractivity contribution < 1.29 is 8.83 Å². The first-order valence-electron chi connectivity index (χ1n) is 22.1. The molecule has 0 aliphatic heterocycles. The predicted molar refractivity (Wildman–Crippen MR) is 269 cm³/mol. The van der Waals surface area contributed by atoms with Gasteiger partial charge in [0.1, 0.15) is 11.2 Å². The molecule has 0 spiro atoms. The largest absolute Gasteiger partial charge is 0.454 e. The van der Waals surface area contributed by atoms with Crippen molar-refractivity contribution in [2.24, 2.45) is 0 Å². The zero-order valence-corrected chi connectivity index (χ0v) is 36.5. The third kappa shape index (κ3) is 6.15.